The molecule has 0 heterocycles. The highest BCUT2D eigenvalue weighted by molar-refractivity contribution is 7.80. The van der Waals surface area contributed by atoms with E-state index in [9.17, 15) is 4.79 Å². The van der Waals surface area contributed by atoms with Gasteiger partial charge in [0.05, 0.1) is 6.54 Å². The SMILES string of the molecule is Cc1ccc(C)c(NC(=S)NCC(=O)Nc2c(C)cccc2C)c1. The molecule has 0 aromatic heterocycles. The van der Waals surface area contributed by atoms with Gasteiger partial charge in [0.2, 0.25) is 5.91 Å². The Labute approximate surface area is 148 Å². The Balaban J connectivity index is 1.89. The highest BCUT2D eigenvalue weighted by Crippen LogP contribution is 2.19. The predicted octanol–water partition coefficient (Wildman–Crippen LogP) is 3.85. The van der Waals surface area contributed by atoms with Crippen LogP contribution in [0, 0.1) is 27.7 Å². The van der Waals surface area contributed by atoms with Crippen LogP contribution in [0.15, 0.2) is 36.4 Å². The first kappa shape index (κ1) is 17.9. The van der Waals surface area contributed by atoms with E-state index >= 15 is 0 Å². The highest BCUT2D eigenvalue weighted by Gasteiger charge is 2.08. The maximum atomic E-state index is 12.1. The first-order valence-electron chi connectivity index (χ1n) is 7.85. The number of carbonyl (C=O) groups excluding carboxylic acids is 1. The number of nitrogens with one attached hydrogen (secondary N) is 3. The van der Waals surface area contributed by atoms with Crippen molar-refractivity contribution in [2.24, 2.45) is 0 Å². The van der Waals surface area contributed by atoms with E-state index in [0.29, 0.717) is 5.11 Å². The van der Waals surface area contributed by atoms with Crippen LogP contribution in [0.3, 0.4) is 0 Å². The van der Waals surface area contributed by atoms with Crippen molar-refractivity contribution < 1.29 is 4.79 Å². The van der Waals surface area contributed by atoms with Gasteiger partial charge in [0.25, 0.3) is 0 Å². The molecule has 0 spiro atoms. The quantitative estimate of drug-likeness (QED) is 0.740. The number of aryl methyl sites for hydroxylation is 4. The number of hydrogen-bond acceptors (Lipinski definition) is 2. The van der Waals surface area contributed by atoms with Crippen LogP contribution in [0.25, 0.3) is 0 Å². The van der Waals surface area contributed by atoms with E-state index in [1.807, 2.05) is 58.0 Å². The summed E-state index contributed by atoms with van der Waals surface area (Å²) in [5.41, 5.74) is 6.14. The Kier molecular flexibility index (Phi) is 5.93. The number of thiocarbonyl (C=S) groups is 1. The average molecular weight is 341 g/mol. The first-order valence-corrected chi connectivity index (χ1v) is 8.26. The lowest BCUT2D eigenvalue weighted by Crippen LogP contribution is -2.36. The normalized spacial score (nSPS) is 10.2. The summed E-state index contributed by atoms with van der Waals surface area (Å²) >= 11 is 5.27. The second-order valence-electron chi connectivity index (χ2n) is 5.94. The average Bonchev–Trinajstić information content (AvgIpc) is 2.53. The van der Waals surface area contributed by atoms with Gasteiger partial charge in [-0.2, -0.15) is 0 Å². The molecule has 0 saturated heterocycles. The Bertz CT molecular complexity index is 751. The zero-order chi connectivity index (χ0) is 17.7. The molecule has 2 aromatic rings. The number of rotatable bonds is 4. The number of benzene rings is 2. The minimum absolute atomic E-state index is 0.116. The van der Waals surface area contributed by atoms with Gasteiger partial charge < -0.3 is 16.0 Å². The van der Waals surface area contributed by atoms with Crippen LogP contribution in [-0.2, 0) is 4.79 Å². The van der Waals surface area contributed by atoms with Crippen LogP contribution < -0.4 is 16.0 Å². The summed E-state index contributed by atoms with van der Waals surface area (Å²) in [6, 6.07) is 12.0. The van der Waals surface area contributed by atoms with Gasteiger partial charge in [-0.15, -0.1) is 0 Å². The van der Waals surface area contributed by atoms with Crippen molar-refractivity contribution in [3.63, 3.8) is 0 Å². The largest absolute Gasteiger partial charge is 0.353 e. The Hall–Kier alpha value is -2.40. The van der Waals surface area contributed by atoms with Crippen LogP contribution in [0.2, 0.25) is 0 Å². The maximum Gasteiger partial charge on any atom is 0.243 e. The van der Waals surface area contributed by atoms with Crippen molar-refractivity contribution in [1.29, 1.82) is 0 Å². The van der Waals surface area contributed by atoms with E-state index in [2.05, 4.69) is 22.0 Å². The predicted molar refractivity (Wildman–Crippen MR) is 105 cm³/mol. The third kappa shape index (κ3) is 4.80. The number of hydrogen-bond donors (Lipinski definition) is 3. The van der Waals surface area contributed by atoms with E-state index in [0.717, 1.165) is 33.6 Å². The highest BCUT2D eigenvalue weighted by atomic mass is 32.1. The molecule has 2 rings (SSSR count). The molecule has 0 atom stereocenters. The third-order valence-electron chi connectivity index (χ3n) is 3.80. The minimum Gasteiger partial charge on any atom is -0.353 e. The Morgan fingerprint density at radius 2 is 1.62 bits per heavy atom. The van der Waals surface area contributed by atoms with Crippen molar-refractivity contribution in [2.75, 3.05) is 17.2 Å². The summed E-state index contributed by atoms with van der Waals surface area (Å²) in [6.07, 6.45) is 0. The molecule has 3 N–H and O–H groups in total. The molecule has 0 unspecified atom stereocenters. The summed E-state index contributed by atoms with van der Waals surface area (Å²) in [7, 11) is 0. The maximum absolute atomic E-state index is 12.1. The summed E-state index contributed by atoms with van der Waals surface area (Å²) in [5.74, 6) is -0.127. The van der Waals surface area contributed by atoms with Gasteiger partial charge in [-0.3, -0.25) is 4.79 Å². The van der Waals surface area contributed by atoms with E-state index in [4.69, 9.17) is 12.2 Å². The molecule has 4 nitrogen and oxygen atoms in total. The van der Waals surface area contributed by atoms with Crippen LogP contribution in [-0.4, -0.2) is 17.6 Å². The molecule has 0 bridgehead atoms. The fourth-order valence-corrected chi connectivity index (χ4v) is 2.57. The van der Waals surface area contributed by atoms with Crippen molar-refractivity contribution in [1.82, 2.24) is 5.32 Å². The molecular formula is C19H23N3OS. The fraction of sp³-hybridized carbons (Fsp3) is 0.263. The van der Waals surface area contributed by atoms with Gasteiger partial charge in [-0.25, -0.2) is 0 Å². The molecule has 2 aromatic carbocycles. The second kappa shape index (κ2) is 7.93. The van der Waals surface area contributed by atoms with Crippen molar-refractivity contribution in [2.45, 2.75) is 27.7 Å². The first-order chi connectivity index (χ1) is 11.4. The number of carbonyl (C=O) groups is 1. The fourth-order valence-electron chi connectivity index (χ4n) is 2.39. The van der Waals surface area contributed by atoms with E-state index in [1.54, 1.807) is 0 Å². The smallest absolute Gasteiger partial charge is 0.243 e. The lowest BCUT2D eigenvalue weighted by Gasteiger charge is -2.14. The molecule has 0 radical (unpaired) electrons. The van der Waals surface area contributed by atoms with Gasteiger partial charge in [-0.1, -0.05) is 30.3 Å². The van der Waals surface area contributed by atoms with Crippen LogP contribution in [0.4, 0.5) is 11.4 Å². The molecule has 5 heteroatoms. The lowest BCUT2D eigenvalue weighted by molar-refractivity contribution is -0.115. The van der Waals surface area contributed by atoms with Gasteiger partial charge in [0, 0.05) is 11.4 Å². The summed E-state index contributed by atoms with van der Waals surface area (Å²) in [5, 5.41) is 9.44. The van der Waals surface area contributed by atoms with Crippen LogP contribution in [0.5, 0.6) is 0 Å². The summed E-state index contributed by atoms with van der Waals surface area (Å²) in [6.45, 7) is 8.10. The Morgan fingerprint density at radius 3 is 2.29 bits per heavy atom. The standard InChI is InChI=1S/C19H23N3OS/c1-12-8-9-13(2)16(10-12)21-19(24)20-11-17(23)22-18-14(3)6-5-7-15(18)4/h5-10H,11H2,1-4H3,(H,22,23)(H2,20,21,24). The molecule has 0 fully saturated rings. The van der Waals surface area contributed by atoms with Crippen molar-refractivity contribution in [3.05, 3.63) is 58.7 Å². The molecule has 0 aliphatic rings. The molecular weight excluding hydrogens is 318 g/mol. The molecule has 0 aliphatic carbocycles. The Morgan fingerprint density at radius 1 is 0.958 bits per heavy atom. The lowest BCUT2D eigenvalue weighted by atomic mass is 10.1. The minimum atomic E-state index is -0.127. The van der Waals surface area contributed by atoms with Crippen molar-refractivity contribution in [3.8, 4) is 0 Å². The monoisotopic (exact) mass is 341 g/mol. The molecule has 126 valence electrons. The van der Waals surface area contributed by atoms with E-state index < -0.39 is 0 Å². The topological polar surface area (TPSA) is 53.2 Å². The van der Waals surface area contributed by atoms with Gasteiger partial charge in [0.15, 0.2) is 5.11 Å². The van der Waals surface area contributed by atoms with Gasteiger partial charge in [0.1, 0.15) is 0 Å². The number of anilines is 2. The van der Waals surface area contributed by atoms with Crippen LogP contribution >= 0.6 is 12.2 Å². The summed E-state index contributed by atoms with van der Waals surface area (Å²) in [4.78, 5) is 12.1. The van der Waals surface area contributed by atoms with Crippen LogP contribution in [0.1, 0.15) is 22.3 Å². The molecule has 1 amide bonds. The molecule has 24 heavy (non-hydrogen) atoms. The zero-order valence-corrected chi connectivity index (χ0v) is 15.3. The second-order valence-corrected chi connectivity index (χ2v) is 6.35. The molecule has 0 aliphatic heterocycles. The number of amides is 1. The zero-order valence-electron chi connectivity index (χ0n) is 14.5. The van der Waals surface area contributed by atoms with E-state index in [-0.39, 0.29) is 12.5 Å². The van der Waals surface area contributed by atoms with Gasteiger partial charge in [-0.05, 0) is 68.2 Å². The summed E-state index contributed by atoms with van der Waals surface area (Å²) < 4.78 is 0. The van der Waals surface area contributed by atoms with Gasteiger partial charge >= 0.3 is 0 Å². The van der Waals surface area contributed by atoms with Crippen molar-refractivity contribution >= 4 is 34.6 Å². The number of para-hydroxylation sites is 1. The molecule has 0 saturated carbocycles. The third-order valence-corrected chi connectivity index (χ3v) is 4.04. The van der Waals surface area contributed by atoms with E-state index in [1.165, 1.54) is 0 Å².